The molecule has 1 heterocycles. The minimum Gasteiger partial charge on any atom is -0.341 e. The predicted molar refractivity (Wildman–Crippen MR) is 67.3 cm³/mol. The lowest BCUT2D eigenvalue weighted by Crippen LogP contribution is -2.44. The lowest BCUT2D eigenvalue weighted by Gasteiger charge is -2.24. The zero-order valence-electron chi connectivity index (χ0n) is 11.1. The molecule has 1 N–H and O–H groups in total. The average Bonchev–Trinajstić information content (AvgIpc) is 2.52. The van der Waals surface area contributed by atoms with E-state index in [1.54, 1.807) is 0 Å². The highest BCUT2D eigenvalue weighted by Crippen LogP contribution is 2.24. The highest BCUT2D eigenvalue weighted by molar-refractivity contribution is 5.81. The third-order valence-corrected chi connectivity index (χ3v) is 3.83. The number of nitrogens with one attached hydrogen (secondary N) is 1. The summed E-state index contributed by atoms with van der Waals surface area (Å²) in [5.41, 5.74) is 0. The summed E-state index contributed by atoms with van der Waals surface area (Å²) in [6, 6.07) is -0.0457. The average molecular weight is 226 g/mol. The third kappa shape index (κ3) is 3.48. The zero-order chi connectivity index (χ0) is 12.1. The van der Waals surface area contributed by atoms with E-state index in [1.165, 1.54) is 12.8 Å². The van der Waals surface area contributed by atoms with Crippen LogP contribution in [0.1, 0.15) is 40.0 Å². The molecule has 94 valence electrons. The van der Waals surface area contributed by atoms with E-state index < -0.39 is 0 Å². The molecule has 1 rings (SSSR count). The summed E-state index contributed by atoms with van der Waals surface area (Å²) in [5, 5.41) is 3.03. The number of hydrogen-bond acceptors (Lipinski definition) is 2. The summed E-state index contributed by atoms with van der Waals surface area (Å²) >= 11 is 0. The summed E-state index contributed by atoms with van der Waals surface area (Å²) < 4.78 is 0. The number of likely N-dealkylation sites (N-methyl/N-ethyl adjacent to an activating group) is 1. The second-order valence-corrected chi connectivity index (χ2v) is 5.27. The molecular formula is C13H26N2O. The number of nitrogens with zero attached hydrogens (tertiary/aromatic N) is 1. The van der Waals surface area contributed by atoms with E-state index in [-0.39, 0.29) is 11.9 Å². The van der Waals surface area contributed by atoms with Gasteiger partial charge in [-0.2, -0.15) is 0 Å². The molecule has 0 radical (unpaired) electrons. The molecule has 0 aliphatic carbocycles. The lowest BCUT2D eigenvalue weighted by atomic mass is 9.89. The SMILES string of the molecule is CNC(C)C(=O)N1CCCC(C(C)C)CC1. The monoisotopic (exact) mass is 226 g/mol. The van der Waals surface area contributed by atoms with Crippen molar-refractivity contribution in [2.24, 2.45) is 11.8 Å². The topological polar surface area (TPSA) is 32.3 Å². The fraction of sp³-hybridized carbons (Fsp3) is 0.923. The molecule has 0 aromatic heterocycles. The Morgan fingerprint density at radius 1 is 1.25 bits per heavy atom. The number of rotatable bonds is 3. The maximum Gasteiger partial charge on any atom is 0.239 e. The van der Waals surface area contributed by atoms with Gasteiger partial charge < -0.3 is 10.2 Å². The molecular weight excluding hydrogens is 200 g/mol. The van der Waals surface area contributed by atoms with Gasteiger partial charge in [0.25, 0.3) is 0 Å². The van der Waals surface area contributed by atoms with Gasteiger partial charge in [-0.1, -0.05) is 13.8 Å². The summed E-state index contributed by atoms with van der Waals surface area (Å²) in [6.07, 6.45) is 3.60. The quantitative estimate of drug-likeness (QED) is 0.797. The molecule has 16 heavy (non-hydrogen) atoms. The molecule has 0 aromatic rings. The Morgan fingerprint density at radius 3 is 2.50 bits per heavy atom. The van der Waals surface area contributed by atoms with E-state index in [0.717, 1.165) is 31.3 Å². The maximum absolute atomic E-state index is 12.0. The van der Waals surface area contributed by atoms with Crippen molar-refractivity contribution in [2.45, 2.75) is 46.1 Å². The van der Waals surface area contributed by atoms with Gasteiger partial charge in [-0.15, -0.1) is 0 Å². The highest BCUT2D eigenvalue weighted by atomic mass is 16.2. The second-order valence-electron chi connectivity index (χ2n) is 5.27. The van der Waals surface area contributed by atoms with Gasteiger partial charge in [-0.3, -0.25) is 4.79 Å². The van der Waals surface area contributed by atoms with Crippen molar-refractivity contribution in [2.75, 3.05) is 20.1 Å². The minimum absolute atomic E-state index is 0.0457. The van der Waals surface area contributed by atoms with Gasteiger partial charge in [0.2, 0.25) is 5.91 Å². The van der Waals surface area contributed by atoms with Crippen molar-refractivity contribution in [3.05, 3.63) is 0 Å². The van der Waals surface area contributed by atoms with Gasteiger partial charge >= 0.3 is 0 Å². The predicted octanol–water partition coefficient (Wildman–Crippen LogP) is 1.88. The number of carbonyl (C=O) groups is 1. The van der Waals surface area contributed by atoms with Crippen LogP contribution in [0.5, 0.6) is 0 Å². The molecule has 1 aliphatic heterocycles. The van der Waals surface area contributed by atoms with Crippen LogP contribution in [0.3, 0.4) is 0 Å². The van der Waals surface area contributed by atoms with E-state index in [2.05, 4.69) is 19.2 Å². The molecule has 1 saturated heterocycles. The first kappa shape index (κ1) is 13.5. The van der Waals surface area contributed by atoms with Crippen molar-refractivity contribution < 1.29 is 4.79 Å². The number of carbonyl (C=O) groups excluding carboxylic acids is 1. The Balaban J connectivity index is 2.50. The maximum atomic E-state index is 12.0. The fourth-order valence-electron chi connectivity index (χ4n) is 2.41. The van der Waals surface area contributed by atoms with Crippen LogP contribution >= 0.6 is 0 Å². The van der Waals surface area contributed by atoms with Crippen molar-refractivity contribution in [3.63, 3.8) is 0 Å². The van der Waals surface area contributed by atoms with E-state index in [0.29, 0.717) is 0 Å². The van der Waals surface area contributed by atoms with Crippen LogP contribution in [-0.4, -0.2) is 37.0 Å². The van der Waals surface area contributed by atoms with Crippen molar-refractivity contribution in [1.29, 1.82) is 0 Å². The molecule has 0 bridgehead atoms. The van der Waals surface area contributed by atoms with Crippen LogP contribution in [0.25, 0.3) is 0 Å². The Hall–Kier alpha value is -0.570. The summed E-state index contributed by atoms with van der Waals surface area (Å²) in [5.74, 6) is 1.80. The Labute approximate surface area is 99.6 Å². The second kappa shape index (κ2) is 6.24. The van der Waals surface area contributed by atoms with Crippen LogP contribution in [0.4, 0.5) is 0 Å². The van der Waals surface area contributed by atoms with E-state index in [9.17, 15) is 4.79 Å². The molecule has 1 aliphatic rings. The smallest absolute Gasteiger partial charge is 0.239 e. The molecule has 1 fully saturated rings. The zero-order valence-corrected chi connectivity index (χ0v) is 11.1. The first-order valence-electron chi connectivity index (χ1n) is 6.52. The van der Waals surface area contributed by atoms with Crippen molar-refractivity contribution in [1.82, 2.24) is 10.2 Å². The number of likely N-dealkylation sites (tertiary alicyclic amines) is 1. The molecule has 1 amide bonds. The van der Waals surface area contributed by atoms with Gasteiger partial charge in [0.15, 0.2) is 0 Å². The van der Waals surface area contributed by atoms with Gasteiger partial charge in [0.05, 0.1) is 6.04 Å². The Morgan fingerprint density at radius 2 is 1.94 bits per heavy atom. The lowest BCUT2D eigenvalue weighted by molar-refractivity contribution is -0.132. The molecule has 3 heteroatoms. The molecule has 0 saturated carbocycles. The standard InChI is InChI=1S/C13H26N2O/c1-10(2)12-6-5-8-15(9-7-12)13(16)11(3)14-4/h10-12,14H,5-9H2,1-4H3. The van der Waals surface area contributed by atoms with Crippen LogP contribution in [0, 0.1) is 11.8 Å². The summed E-state index contributed by atoms with van der Waals surface area (Å²) in [7, 11) is 1.84. The van der Waals surface area contributed by atoms with E-state index in [4.69, 9.17) is 0 Å². The van der Waals surface area contributed by atoms with Gasteiger partial charge in [-0.05, 0) is 45.1 Å². The summed E-state index contributed by atoms with van der Waals surface area (Å²) in [4.78, 5) is 14.1. The molecule has 0 aromatic carbocycles. The molecule has 3 nitrogen and oxygen atoms in total. The highest BCUT2D eigenvalue weighted by Gasteiger charge is 2.24. The minimum atomic E-state index is -0.0457. The summed E-state index contributed by atoms with van der Waals surface area (Å²) in [6.45, 7) is 8.39. The first-order chi connectivity index (χ1) is 7.56. The van der Waals surface area contributed by atoms with Crippen molar-refractivity contribution in [3.8, 4) is 0 Å². The Kier molecular flexibility index (Phi) is 5.26. The fourth-order valence-corrected chi connectivity index (χ4v) is 2.41. The van der Waals surface area contributed by atoms with E-state index >= 15 is 0 Å². The van der Waals surface area contributed by atoms with Crippen LogP contribution < -0.4 is 5.32 Å². The largest absolute Gasteiger partial charge is 0.341 e. The normalized spacial score (nSPS) is 24.3. The molecule has 2 unspecified atom stereocenters. The van der Waals surface area contributed by atoms with Crippen LogP contribution in [-0.2, 0) is 4.79 Å². The van der Waals surface area contributed by atoms with Crippen LogP contribution in [0.2, 0.25) is 0 Å². The number of amides is 1. The third-order valence-electron chi connectivity index (χ3n) is 3.83. The number of hydrogen-bond donors (Lipinski definition) is 1. The van der Waals surface area contributed by atoms with Crippen molar-refractivity contribution >= 4 is 5.91 Å². The van der Waals surface area contributed by atoms with Gasteiger partial charge in [0.1, 0.15) is 0 Å². The first-order valence-corrected chi connectivity index (χ1v) is 6.52. The van der Waals surface area contributed by atoms with Crippen LogP contribution in [0.15, 0.2) is 0 Å². The van der Waals surface area contributed by atoms with E-state index in [1.807, 2.05) is 18.9 Å². The Bertz CT molecular complexity index is 228. The molecule has 0 spiro atoms. The molecule has 2 atom stereocenters. The van der Waals surface area contributed by atoms with Gasteiger partial charge in [0, 0.05) is 13.1 Å². The van der Waals surface area contributed by atoms with Gasteiger partial charge in [-0.25, -0.2) is 0 Å².